The highest BCUT2D eigenvalue weighted by Gasteiger charge is 2.54. The molecular formula is C23H25BrCl2N2O2S. The van der Waals surface area contributed by atoms with E-state index in [9.17, 15) is 5.11 Å². The van der Waals surface area contributed by atoms with Crippen molar-refractivity contribution in [1.29, 1.82) is 0 Å². The number of aromatic hydroxyl groups is 1. The minimum Gasteiger partial charge on any atom is -0.506 e. The van der Waals surface area contributed by atoms with Gasteiger partial charge in [-0.05, 0) is 48.3 Å². The van der Waals surface area contributed by atoms with Crippen LogP contribution in [0.4, 0.5) is 0 Å². The molecule has 0 saturated carbocycles. The number of nitrogens with one attached hydrogen (secondary N) is 2. The van der Waals surface area contributed by atoms with Crippen molar-refractivity contribution in [2.75, 3.05) is 5.75 Å². The van der Waals surface area contributed by atoms with Crippen LogP contribution in [-0.2, 0) is 5.54 Å². The average molecular weight is 544 g/mol. The lowest BCUT2D eigenvalue weighted by molar-refractivity contribution is 0.0469. The molecule has 8 heteroatoms. The van der Waals surface area contributed by atoms with Gasteiger partial charge in [-0.1, -0.05) is 47.5 Å². The fourth-order valence-corrected chi connectivity index (χ4v) is 7.39. The zero-order chi connectivity index (χ0) is 22.4. The minimum atomic E-state index is -0.590. The molecule has 4 nitrogen and oxygen atoms in total. The molecule has 166 valence electrons. The maximum Gasteiger partial charge on any atom is 0.176 e. The molecule has 2 aliphatic rings. The Bertz CT molecular complexity index is 1020. The molecule has 31 heavy (non-hydrogen) atoms. The van der Waals surface area contributed by atoms with Gasteiger partial charge >= 0.3 is 0 Å². The molecule has 2 aromatic rings. The van der Waals surface area contributed by atoms with Crippen molar-refractivity contribution in [2.45, 2.75) is 47.8 Å². The number of fused-ring (bicyclic) bond motifs is 2. The van der Waals surface area contributed by atoms with Crippen LogP contribution in [0.3, 0.4) is 0 Å². The third kappa shape index (κ3) is 4.61. The van der Waals surface area contributed by atoms with Gasteiger partial charge in [0.05, 0.1) is 10.6 Å². The topological polar surface area (TPSA) is 53.5 Å². The van der Waals surface area contributed by atoms with Gasteiger partial charge in [0.2, 0.25) is 0 Å². The summed E-state index contributed by atoms with van der Waals surface area (Å²) in [4.78, 5) is 0. The summed E-state index contributed by atoms with van der Waals surface area (Å²) in [5, 5.41) is 18.7. The summed E-state index contributed by atoms with van der Waals surface area (Å²) < 4.78 is 5.79. The highest BCUT2D eigenvalue weighted by Crippen LogP contribution is 2.54. The van der Waals surface area contributed by atoms with Crippen molar-refractivity contribution in [1.82, 2.24) is 10.6 Å². The summed E-state index contributed by atoms with van der Waals surface area (Å²) in [6, 6.07) is 11.1. The Balaban J connectivity index is 1.87. The zero-order valence-electron chi connectivity index (χ0n) is 17.3. The summed E-state index contributed by atoms with van der Waals surface area (Å²) in [6.07, 6.45) is 3.02. The number of ether oxygens (including phenoxy) is 1. The van der Waals surface area contributed by atoms with Gasteiger partial charge in [0, 0.05) is 39.9 Å². The van der Waals surface area contributed by atoms with Crippen molar-refractivity contribution < 1.29 is 9.84 Å². The van der Waals surface area contributed by atoms with Crippen LogP contribution in [0.5, 0.6) is 11.5 Å². The van der Waals surface area contributed by atoms with Gasteiger partial charge in [-0.3, -0.25) is 10.6 Å². The number of thioether (sulfide) groups is 1. The summed E-state index contributed by atoms with van der Waals surface area (Å²) in [5.41, 5.74) is 1.14. The lowest BCUT2D eigenvalue weighted by atomic mass is 9.72. The predicted octanol–water partition coefficient (Wildman–Crippen LogP) is 6.71. The summed E-state index contributed by atoms with van der Waals surface area (Å²) in [7, 11) is 0. The van der Waals surface area contributed by atoms with E-state index in [1.165, 1.54) is 0 Å². The second kappa shape index (κ2) is 8.47. The second-order valence-electron chi connectivity index (χ2n) is 8.72. The Morgan fingerprint density at radius 2 is 2.00 bits per heavy atom. The van der Waals surface area contributed by atoms with Crippen molar-refractivity contribution in [3.63, 3.8) is 0 Å². The van der Waals surface area contributed by atoms with Crippen LogP contribution in [-0.4, -0.2) is 20.3 Å². The Morgan fingerprint density at radius 3 is 2.71 bits per heavy atom. The first-order valence-corrected chi connectivity index (χ1v) is 12.6. The van der Waals surface area contributed by atoms with Crippen LogP contribution in [0.1, 0.15) is 43.9 Å². The van der Waals surface area contributed by atoms with E-state index in [0.29, 0.717) is 22.2 Å². The maximum absolute atomic E-state index is 10.3. The number of phenols is 1. The second-order valence-corrected chi connectivity index (χ2v) is 12.5. The van der Waals surface area contributed by atoms with E-state index < -0.39 is 9.44 Å². The number of alkyl halides is 1. The lowest BCUT2D eigenvalue weighted by Gasteiger charge is -2.56. The van der Waals surface area contributed by atoms with Crippen molar-refractivity contribution in [3.05, 3.63) is 70.2 Å². The number of benzene rings is 2. The number of rotatable bonds is 4. The van der Waals surface area contributed by atoms with Gasteiger partial charge in [0.25, 0.3) is 0 Å². The monoisotopic (exact) mass is 542 g/mol. The van der Waals surface area contributed by atoms with Gasteiger partial charge in [-0.25, -0.2) is 0 Å². The van der Waals surface area contributed by atoms with E-state index >= 15 is 0 Å². The number of hydrogen-bond donors (Lipinski definition) is 3. The quantitative estimate of drug-likeness (QED) is 0.227. The number of halogens is 3. The van der Waals surface area contributed by atoms with Crippen LogP contribution in [0.25, 0.3) is 0 Å². The van der Waals surface area contributed by atoms with Crippen molar-refractivity contribution >= 4 is 50.9 Å². The fraction of sp³-hybridized carbons (Fsp3) is 0.391. The molecule has 2 aromatic carbocycles. The van der Waals surface area contributed by atoms with Crippen LogP contribution < -0.4 is 15.4 Å². The summed E-state index contributed by atoms with van der Waals surface area (Å²) in [5.74, 6) is 1.35. The smallest absolute Gasteiger partial charge is 0.176 e. The molecule has 0 amide bonds. The Hall–Kier alpha value is -0.890. The van der Waals surface area contributed by atoms with Gasteiger partial charge in [0.1, 0.15) is 17.6 Å². The summed E-state index contributed by atoms with van der Waals surface area (Å²) in [6.45, 7) is 8.22. The maximum atomic E-state index is 10.3. The van der Waals surface area contributed by atoms with Crippen molar-refractivity contribution in [3.8, 4) is 11.5 Å². The number of hydrogen-bond acceptors (Lipinski definition) is 5. The first-order valence-electron chi connectivity index (χ1n) is 10.0. The molecule has 3 unspecified atom stereocenters. The molecule has 2 aliphatic heterocycles. The lowest BCUT2D eigenvalue weighted by Crippen LogP contribution is -2.71. The fourth-order valence-electron chi connectivity index (χ4n) is 4.69. The highest BCUT2D eigenvalue weighted by molar-refractivity contribution is 9.11. The molecule has 1 saturated heterocycles. The van der Waals surface area contributed by atoms with Crippen LogP contribution in [0.15, 0.2) is 49.1 Å². The molecule has 4 rings (SSSR count). The third-order valence-electron chi connectivity index (χ3n) is 5.66. The Labute approximate surface area is 205 Å². The SMILES string of the molecule is C=CCSC1(Br)NC(C)(C)CC2(CC(c3ccccc3Cl)Oc3cc(O)c(Cl)cc32)N1. The van der Waals surface area contributed by atoms with E-state index in [1.54, 1.807) is 17.8 Å². The standard InChI is InChI=1S/C23H25BrCl2N2O2S/c1-4-9-31-23(24)27-21(2,3)13-22(28-23)12-20(14-7-5-6-8-16(14)25)30-19-11-18(29)17(26)10-15(19)22/h4-8,10-11,20,27-29H,1,9,12-13H2,2-3H3. The zero-order valence-corrected chi connectivity index (χ0v) is 21.3. The summed E-state index contributed by atoms with van der Waals surface area (Å²) >= 11 is 18.5. The van der Waals surface area contributed by atoms with Crippen molar-refractivity contribution in [2.24, 2.45) is 0 Å². The largest absolute Gasteiger partial charge is 0.506 e. The molecular weight excluding hydrogens is 519 g/mol. The van der Waals surface area contributed by atoms with Crippen LogP contribution >= 0.6 is 50.9 Å². The Morgan fingerprint density at radius 1 is 1.26 bits per heavy atom. The molecule has 3 N–H and O–H groups in total. The van der Waals surface area contributed by atoms with E-state index in [4.69, 9.17) is 27.9 Å². The van der Waals surface area contributed by atoms with Crippen LogP contribution in [0.2, 0.25) is 10.0 Å². The molecule has 1 fully saturated rings. The Kier molecular flexibility index (Phi) is 6.36. The van der Waals surface area contributed by atoms with Gasteiger partial charge in [-0.15, -0.1) is 18.3 Å². The molecule has 0 radical (unpaired) electrons. The molecule has 1 spiro atoms. The minimum absolute atomic E-state index is 0.00490. The highest BCUT2D eigenvalue weighted by atomic mass is 79.9. The van der Waals surface area contributed by atoms with Crippen LogP contribution in [0, 0.1) is 0 Å². The first-order chi connectivity index (χ1) is 14.6. The van der Waals surface area contributed by atoms with E-state index in [1.807, 2.05) is 36.4 Å². The first kappa shape index (κ1) is 23.3. The van der Waals surface area contributed by atoms with Gasteiger partial charge in [-0.2, -0.15) is 0 Å². The molecule has 0 aromatic heterocycles. The van der Waals surface area contributed by atoms with E-state index in [0.717, 1.165) is 23.3 Å². The average Bonchev–Trinajstić information content (AvgIpc) is 2.67. The van der Waals surface area contributed by atoms with E-state index in [-0.39, 0.29) is 17.4 Å². The number of phenolic OH excluding ortho intramolecular Hbond substituents is 1. The molecule has 3 atom stereocenters. The molecule has 2 heterocycles. The van der Waals surface area contributed by atoms with Gasteiger partial charge in [0.15, 0.2) is 3.90 Å². The third-order valence-corrected chi connectivity index (χ3v) is 8.40. The molecule has 0 aliphatic carbocycles. The normalized spacial score (nSPS) is 29.3. The van der Waals surface area contributed by atoms with Gasteiger partial charge < -0.3 is 9.84 Å². The molecule has 0 bridgehead atoms. The van der Waals surface area contributed by atoms with E-state index in [2.05, 4.69) is 47.0 Å². The predicted molar refractivity (Wildman–Crippen MR) is 134 cm³/mol.